The van der Waals surface area contributed by atoms with Crippen molar-refractivity contribution in [1.29, 1.82) is 0 Å². The highest BCUT2D eigenvalue weighted by Gasteiger charge is 2.21. The van der Waals surface area contributed by atoms with Crippen LogP contribution in [0.3, 0.4) is 0 Å². The lowest BCUT2D eigenvalue weighted by Gasteiger charge is -2.18. The standard InChI is InChI=1S/C13H21ClN2O3S/c1-3-16(4-2)20(18,19)13-7-5-11(6-8-13)15-10-12(17)9-14/h5-8,12,15,17H,3-4,9-10H2,1-2H3. The molecule has 2 N–H and O–H groups in total. The van der Waals surface area contributed by atoms with Crippen LogP contribution in [0.1, 0.15) is 13.8 Å². The van der Waals surface area contributed by atoms with Crippen LogP contribution in [0.15, 0.2) is 29.2 Å². The Bertz CT molecular complexity index is 501. The van der Waals surface area contributed by atoms with Gasteiger partial charge in [0.1, 0.15) is 0 Å². The fraction of sp³-hybridized carbons (Fsp3) is 0.538. The third-order valence-corrected chi connectivity index (χ3v) is 5.34. The second-order valence-corrected chi connectivity index (χ2v) is 6.55. The first-order valence-corrected chi connectivity index (χ1v) is 8.51. The van der Waals surface area contributed by atoms with E-state index in [0.717, 1.165) is 5.69 Å². The van der Waals surface area contributed by atoms with Crippen molar-refractivity contribution in [2.45, 2.75) is 24.8 Å². The average Bonchev–Trinajstić information content (AvgIpc) is 2.46. The smallest absolute Gasteiger partial charge is 0.243 e. The van der Waals surface area contributed by atoms with Gasteiger partial charge in [0, 0.05) is 25.3 Å². The van der Waals surface area contributed by atoms with E-state index in [1.54, 1.807) is 24.3 Å². The number of aliphatic hydroxyl groups excluding tert-OH is 1. The van der Waals surface area contributed by atoms with E-state index in [9.17, 15) is 13.5 Å². The summed E-state index contributed by atoms with van der Waals surface area (Å²) in [6, 6.07) is 6.47. The molecule has 1 aromatic carbocycles. The summed E-state index contributed by atoms with van der Waals surface area (Å²) in [5.74, 6) is 0.154. The molecule has 20 heavy (non-hydrogen) atoms. The number of nitrogens with one attached hydrogen (secondary N) is 1. The van der Waals surface area contributed by atoms with Gasteiger partial charge in [0.25, 0.3) is 0 Å². The van der Waals surface area contributed by atoms with Gasteiger partial charge >= 0.3 is 0 Å². The molecule has 5 nitrogen and oxygen atoms in total. The van der Waals surface area contributed by atoms with Gasteiger partial charge in [0.15, 0.2) is 0 Å². The zero-order valence-electron chi connectivity index (χ0n) is 11.7. The quantitative estimate of drug-likeness (QED) is 0.716. The minimum absolute atomic E-state index is 0.154. The van der Waals surface area contributed by atoms with Crippen LogP contribution in [-0.2, 0) is 10.0 Å². The Hall–Kier alpha value is -0.820. The SMILES string of the molecule is CCN(CC)S(=O)(=O)c1ccc(NCC(O)CCl)cc1. The van der Waals surface area contributed by atoms with Crippen LogP contribution in [0.25, 0.3) is 0 Å². The molecule has 114 valence electrons. The number of nitrogens with zero attached hydrogens (tertiary/aromatic N) is 1. The zero-order chi connectivity index (χ0) is 15.2. The summed E-state index contributed by atoms with van der Waals surface area (Å²) in [6.07, 6.45) is -0.629. The highest BCUT2D eigenvalue weighted by atomic mass is 35.5. The number of aliphatic hydroxyl groups is 1. The summed E-state index contributed by atoms with van der Waals surface area (Å²) in [4.78, 5) is 0.268. The van der Waals surface area contributed by atoms with E-state index in [-0.39, 0.29) is 10.8 Å². The van der Waals surface area contributed by atoms with Gasteiger partial charge in [-0.15, -0.1) is 11.6 Å². The molecule has 0 aliphatic carbocycles. The molecule has 0 radical (unpaired) electrons. The Morgan fingerprint density at radius 3 is 2.25 bits per heavy atom. The Morgan fingerprint density at radius 1 is 1.25 bits per heavy atom. The summed E-state index contributed by atoms with van der Waals surface area (Å²) < 4.78 is 25.9. The summed E-state index contributed by atoms with van der Waals surface area (Å²) in [7, 11) is -3.42. The monoisotopic (exact) mass is 320 g/mol. The maximum Gasteiger partial charge on any atom is 0.243 e. The van der Waals surface area contributed by atoms with Gasteiger partial charge in [-0.1, -0.05) is 13.8 Å². The first-order valence-electron chi connectivity index (χ1n) is 6.53. The van der Waals surface area contributed by atoms with Crippen LogP contribution in [-0.4, -0.2) is 49.4 Å². The minimum Gasteiger partial charge on any atom is -0.390 e. The lowest BCUT2D eigenvalue weighted by molar-refractivity contribution is 0.211. The van der Waals surface area contributed by atoms with Crippen LogP contribution >= 0.6 is 11.6 Å². The molecule has 1 rings (SSSR count). The maximum absolute atomic E-state index is 12.3. The molecule has 0 saturated heterocycles. The highest BCUT2D eigenvalue weighted by molar-refractivity contribution is 7.89. The van der Waals surface area contributed by atoms with Crippen molar-refractivity contribution in [2.75, 3.05) is 30.8 Å². The molecule has 0 amide bonds. The number of hydrogen-bond acceptors (Lipinski definition) is 4. The van der Waals surface area contributed by atoms with E-state index in [4.69, 9.17) is 11.6 Å². The molecule has 0 aliphatic rings. The Morgan fingerprint density at radius 2 is 1.80 bits per heavy atom. The van der Waals surface area contributed by atoms with Crippen LogP contribution in [0.4, 0.5) is 5.69 Å². The number of halogens is 1. The van der Waals surface area contributed by atoms with Crippen molar-refractivity contribution in [1.82, 2.24) is 4.31 Å². The summed E-state index contributed by atoms with van der Waals surface area (Å²) in [6.45, 7) is 4.84. The Balaban J connectivity index is 2.80. The van der Waals surface area contributed by atoms with Crippen LogP contribution < -0.4 is 5.32 Å². The van der Waals surface area contributed by atoms with Gasteiger partial charge in [-0.05, 0) is 24.3 Å². The predicted octanol–water partition coefficient (Wildman–Crippen LogP) is 1.73. The second kappa shape index (κ2) is 7.83. The molecule has 0 aliphatic heterocycles. The van der Waals surface area contributed by atoms with Gasteiger partial charge in [0.05, 0.1) is 16.9 Å². The molecule has 0 heterocycles. The van der Waals surface area contributed by atoms with E-state index >= 15 is 0 Å². The molecule has 1 unspecified atom stereocenters. The lowest BCUT2D eigenvalue weighted by Crippen LogP contribution is -2.30. The van der Waals surface area contributed by atoms with Crippen LogP contribution in [0.5, 0.6) is 0 Å². The molecule has 1 aromatic rings. The van der Waals surface area contributed by atoms with Crippen molar-refractivity contribution in [2.24, 2.45) is 0 Å². The molecule has 1 atom stereocenters. The molecule has 0 aromatic heterocycles. The van der Waals surface area contributed by atoms with Crippen molar-refractivity contribution in [3.05, 3.63) is 24.3 Å². The van der Waals surface area contributed by atoms with E-state index in [0.29, 0.717) is 19.6 Å². The minimum atomic E-state index is -3.42. The Labute approximate surface area is 125 Å². The van der Waals surface area contributed by atoms with Crippen molar-refractivity contribution < 1.29 is 13.5 Å². The Kier molecular flexibility index (Phi) is 6.75. The first-order chi connectivity index (χ1) is 9.45. The maximum atomic E-state index is 12.3. The van der Waals surface area contributed by atoms with Crippen molar-refractivity contribution in [3.8, 4) is 0 Å². The number of benzene rings is 1. The van der Waals surface area contributed by atoms with Crippen LogP contribution in [0, 0.1) is 0 Å². The topological polar surface area (TPSA) is 69.6 Å². The zero-order valence-corrected chi connectivity index (χ0v) is 13.3. The van der Waals surface area contributed by atoms with Gasteiger partial charge in [0.2, 0.25) is 10.0 Å². The third-order valence-electron chi connectivity index (χ3n) is 2.92. The summed E-state index contributed by atoms with van der Waals surface area (Å²) >= 11 is 5.50. The van der Waals surface area contributed by atoms with Crippen molar-refractivity contribution >= 4 is 27.3 Å². The fourth-order valence-corrected chi connectivity index (χ4v) is 3.31. The average molecular weight is 321 g/mol. The molecular formula is C13H21ClN2O3S. The van der Waals surface area contributed by atoms with Gasteiger partial charge in [-0.3, -0.25) is 0 Å². The van der Waals surface area contributed by atoms with Gasteiger partial charge < -0.3 is 10.4 Å². The van der Waals surface area contributed by atoms with E-state index in [1.165, 1.54) is 4.31 Å². The number of rotatable bonds is 8. The second-order valence-electron chi connectivity index (χ2n) is 4.30. The normalized spacial score (nSPS) is 13.4. The van der Waals surface area contributed by atoms with Gasteiger partial charge in [-0.2, -0.15) is 4.31 Å². The predicted molar refractivity (Wildman–Crippen MR) is 81.8 cm³/mol. The van der Waals surface area contributed by atoms with E-state index in [2.05, 4.69) is 5.32 Å². The molecule has 0 spiro atoms. The molecule has 0 saturated carbocycles. The molecular weight excluding hydrogens is 300 g/mol. The third kappa shape index (κ3) is 4.34. The largest absolute Gasteiger partial charge is 0.390 e. The number of hydrogen-bond donors (Lipinski definition) is 2. The van der Waals surface area contributed by atoms with Crippen molar-refractivity contribution in [3.63, 3.8) is 0 Å². The first kappa shape index (κ1) is 17.2. The number of anilines is 1. The lowest BCUT2D eigenvalue weighted by atomic mass is 10.3. The van der Waals surface area contributed by atoms with E-state index in [1.807, 2.05) is 13.8 Å². The van der Waals surface area contributed by atoms with E-state index < -0.39 is 16.1 Å². The van der Waals surface area contributed by atoms with Crippen LogP contribution in [0.2, 0.25) is 0 Å². The van der Waals surface area contributed by atoms with Gasteiger partial charge in [-0.25, -0.2) is 8.42 Å². The molecule has 0 bridgehead atoms. The molecule has 7 heteroatoms. The highest BCUT2D eigenvalue weighted by Crippen LogP contribution is 2.18. The number of sulfonamides is 1. The fourth-order valence-electron chi connectivity index (χ4n) is 1.75. The summed E-state index contributed by atoms with van der Waals surface area (Å²) in [5, 5.41) is 12.3. The molecule has 0 fully saturated rings. The summed E-state index contributed by atoms with van der Waals surface area (Å²) in [5.41, 5.74) is 0.743. The number of alkyl halides is 1.